The van der Waals surface area contributed by atoms with Crippen LogP contribution in [0.1, 0.15) is 5.82 Å². The fraction of sp³-hybridized carbons (Fsp3) is 0.0556. The summed E-state index contributed by atoms with van der Waals surface area (Å²) < 4.78 is 1.60. The number of pyridine rings is 1. The second-order valence-electron chi connectivity index (χ2n) is 5.31. The van der Waals surface area contributed by atoms with E-state index in [0.717, 1.165) is 16.6 Å². The lowest BCUT2D eigenvalue weighted by molar-refractivity contribution is 0.896. The molecule has 0 bridgehead atoms. The van der Waals surface area contributed by atoms with E-state index >= 15 is 0 Å². The number of aromatic nitrogens is 3. The molecule has 4 aromatic rings. The van der Waals surface area contributed by atoms with Gasteiger partial charge in [0.1, 0.15) is 5.82 Å². The van der Waals surface area contributed by atoms with Gasteiger partial charge in [0.05, 0.1) is 22.1 Å². The zero-order valence-corrected chi connectivity index (χ0v) is 13.1. The van der Waals surface area contributed by atoms with Crippen LogP contribution in [0.2, 0.25) is 5.02 Å². The number of aryl methyl sites for hydroxylation is 1. The number of hydrogen-bond donors (Lipinski definition) is 0. The minimum atomic E-state index is -0.0967. The summed E-state index contributed by atoms with van der Waals surface area (Å²) in [5, 5.41) is 2.09. The molecule has 0 atom stereocenters. The van der Waals surface area contributed by atoms with E-state index in [-0.39, 0.29) is 5.56 Å². The van der Waals surface area contributed by atoms with Crippen molar-refractivity contribution >= 4 is 33.4 Å². The summed E-state index contributed by atoms with van der Waals surface area (Å²) >= 11 is 5.93. The Morgan fingerprint density at radius 1 is 1.00 bits per heavy atom. The van der Waals surface area contributed by atoms with Crippen LogP contribution in [-0.4, -0.2) is 14.5 Å². The van der Waals surface area contributed by atoms with Crippen LogP contribution >= 0.6 is 11.6 Å². The Hall–Kier alpha value is -2.72. The zero-order chi connectivity index (χ0) is 16.0. The molecule has 0 aliphatic heterocycles. The van der Waals surface area contributed by atoms with Crippen molar-refractivity contribution in [3.63, 3.8) is 0 Å². The van der Waals surface area contributed by atoms with Gasteiger partial charge in [-0.1, -0.05) is 11.6 Å². The summed E-state index contributed by atoms with van der Waals surface area (Å²) in [6.07, 6.45) is 1.73. The van der Waals surface area contributed by atoms with Crippen LogP contribution in [-0.2, 0) is 0 Å². The summed E-state index contributed by atoms with van der Waals surface area (Å²) in [4.78, 5) is 21.9. The molecule has 2 heterocycles. The summed E-state index contributed by atoms with van der Waals surface area (Å²) in [5.74, 6) is 0.626. The Kier molecular flexibility index (Phi) is 3.13. The van der Waals surface area contributed by atoms with Crippen LogP contribution in [0.15, 0.2) is 59.5 Å². The van der Waals surface area contributed by atoms with Crippen LogP contribution in [0.5, 0.6) is 0 Å². The lowest BCUT2D eigenvalue weighted by atomic mass is 10.1. The molecule has 2 aromatic carbocycles. The summed E-state index contributed by atoms with van der Waals surface area (Å²) in [6.45, 7) is 1.82. The number of benzene rings is 2. The monoisotopic (exact) mass is 321 g/mol. The molecule has 2 aromatic heterocycles. The Morgan fingerprint density at radius 3 is 2.57 bits per heavy atom. The van der Waals surface area contributed by atoms with Crippen LogP contribution in [0.25, 0.3) is 27.5 Å². The van der Waals surface area contributed by atoms with Gasteiger partial charge >= 0.3 is 0 Å². The van der Waals surface area contributed by atoms with E-state index in [1.54, 1.807) is 29.0 Å². The summed E-state index contributed by atoms with van der Waals surface area (Å²) in [6, 6.07) is 14.6. The van der Waals surface area contributed by atoms with Gasteiger partial charge in [0, 0.05) is 16.6 Å². The predicted molar refractivity (Wildman–Crippen MR) is 92.4 cm³/mol. The number of hydrogen-bond acceptors (Lipinski definition) is 3. The van der Waals surface area contributed by atoms with Gasteiger partial charge in [-0.05, 0) is 55.5 Å². The molecule has 0 unspecified atom stereocenters. The van der Waals surface area contributed by atoms with E-state index in [9.17, 15) is 4.79 Å². The Bertz CT molecular complexity index is 1100. The first kappa shape index (κ1) is 13.9. The van der Waals surface area contributed by atoms with Gasteiger partial charge in [0.15, 0.2) is 0 Å². The minimum absolute atomic E-state index is 0.0967. The van der Waals surface area contributed by atoms with E-state index in [0.29, 0.717) is 21.7 Å². The highest BCUT2D eigenvalue weighted by Crippen LogP contribution is 2.21. The molecule has 112 valence electrons. The smallest absolute Gasteiger partial charge is 0.265 e. The SMILES string of the molecule is Cc1nc2c(ccc3ncccc32)c(=O)n1-c1ccc(Cl)cc1. The molecule has 0 saturated heterocycles. The van der Waals surface area contributed by atoms with E-state index in [4.69, 9.17) is 11.6 Å². The average molecular weight is 322 g/mol. The number of nitrogens with zero attached hydrogens (tertiary/aromatic N) is 3. The molecule has 4 rings (SSSR count). The van der Waals surface area contributed by atoms with Crippen LogP contribution in [0, 0.1) is 6.92 Å². The molecule has 0 fully saturated rings. The lowest BCUT2D eigenvalue weighted by Gasteiger charge is -2.12. The topological polar surface area (TPSA) is 47.8 Å². The second kappa shape index (κ2) is 5.18. The number of halogens is 1. The Balaban J connectivity index is 2.10. The normalized spacial score (nSPS) is 11.2. The highest BCUT2D eigenvalue weighted by atomic mass is 35.5. The van der Waals surface area contributed by atoms with Crippen molar-refractivity contribution in [2.45, 2.75) is 6.92 Å². The van der Waals surface area contributed by atoms with Crippen molar-refractivity contribution in [2.75, 3.05) is 0 Å². The van der Waals surface area contributed by atoms with Gasteiger partial charge < -0.3 is 0 Å². The molecule has 0 N–H and O–H groups in total. The van der Waals surface area contributed by atoms with Gasteiger partial charge in [0.25, 0.3) is 5.56 Å². The summed E-state index contributed by atoms with van der Waals surface area (Å²) in [7, 11) is 0. The van der Waals surface area contributed by atoms with Gasteiger partial charge in [-0.15, -0.1) is 0 Å². The van der Waals surface area contributed by atoms with Crippen molar-refractivity contribution in [1.82, 2.24) is 14.5 Å². The van der Waals surface area contributed by atoms with Gasteiger partial charge in [-0.2, -0.15) is 0 Å². The third-order valence-electron chi connectivity index (χ3n) is 3.87. The standard InChI is InChI=1S/C18H12ClN3O/c1-11-21-17-14-3-2-10-20-16(14)9-8-15(17)18(23)22(11)13-6-4-12(19)5-7-13/h2-10H,1H3. The maximum atomic E-state index is 12.9. The molecule has 0 amide bonds. The van der Waals surface area contributed by atoms with Gasteiger partial charge in [-0.3, -0.25) is 14.3 Å². The predicted octanol–water partition coefficient (Wildman–Crippen LogP) is 3.90. The fourth-order valence-electron chi connectivity index (χ4n) is 2.80. The molecule has 23 heavy (non-hydrogen) atoms. The van der Waals surface area contributed by atoms with Gasteiger partial charge in [0.2, 0.25) is 0 Å². The molecule has 4 nitrogen and oxygen atoms in total. The molecule has 0 aliphatic rings. The molecular formula is C18H12ClN3O. The van der Waals surface area contributed by atoms with E-state index < -0.39 is 0 Å². The van der Waals surface area contributed by atoms with Crippen molar-refractivity contribution in [1.29, 1.82) is 0 Å². The zero-order valence-electron chi connectivity index (χ0n) is 12.3. The number of rotatable bonds is 1. The first-order valence-corrected chi connectivity index (χ1v) is 7.56. The Labute approximate surface area is 137 Å². The van der Waals surface area contributed by atoms with Crippen LogP contribution in [0.4, 0.5) is 0 Å². The summed E-state index contributed by atoms with van der Waals surface area (Å²) in [5.41, 5.74) is 2.16. The van der Waals surface area contributed by atoms with E-state index in [1.807, 2.05) is 37.3 Å². The quantitative estimate of drug-likeness (QED) is 0.500. The molecule has 5 heteroatoms. The van der Waals surface area contributed by atoms with E-state index in [2.05, 4.69) is 9.97 Å². The molecule has 0 radical (unpaired) electrons. The molecule has 0 aliphatic carbocycles. The van der Waals surface area contributed by atoms with Crippen molar-refractivity contribution < 1.29 is 0 Å². The third-order valence-corrected chi connectivity index (χ3v) is 4.12. The van der Waals surface area contributed by atoms with Gasteiger partial charge in [-0.25, -0.2) is 4.98 Å². The largest absolute Gasteiger partial charge is 0.268 e. The maximum absolute atomic E-state index is 12.9. The number of fused-ring (bicyclic) bond motifs is 3. The minimum Gasteiger partial charge on any atom is -0.268 e. The van der Waals surface area contributed by atoms with Crippen LogP contribution in [0.3, 0.4) is 0 Å². The van der Waals surface area contributed by atoms with E-state index in [1.165, 1.54) is 0 Å². The third kappa shape index (κ3) is 2.19. The van der Waals surface area contributed by atoms with Crippen LogP contribution < -0.4 is 5.56 Å². The lowest BCUT2D eigenvalue weighted by Crippen LogP contribution is -2.22. The molecule has 0 spiro atoms. The second-order valence-corrected chi connectivity index (χ2v) is 5.74. The average Bonchev–Trinajstić information content (AvgIpc) is 2.56. The molecule has 0 saturated carbocycles. The van der Waals surface area contributed by atoms with Crippen molar-refractivity contribution in [3.8, 4) is 5.69 Å². The van der Waals surface area contributed by atoms with Crippen molar-refractivity contribution in [3.05, 3.63) is 75.9 Å². The fourth-order valence-corrected chi connectivity index (χ4v) is 2.93. The first-order chi connectivity index (χ1) is 11.1. The molecular weight excluding hydrogens is 310 g/mol. The maximum Gasteiger partial charge on any atom is 0.265 e. The highest BCUT2D eigenvalue weighted by molar-refractivity contribution is 6.30. The highest BCUT2D eigenvalue weighted by Gasteiger charge is 2.12. The first-order valence-electron chi connectivity index (χ1n) is 7.18. The Morgan fingerprint density at radius 2 is 1.78 bits per heavy atom. The van der Waals surface area contributed by atoms with Crippen molar-refractivity contribution in [2.24, 2.45) is 0 Å².